The maximum Gasteiger partial charge on any atom is 0.239 e. The molecule has 134 valence electrons. The Morgan fingerprint density at radius 1 is 1.12 bits per heavy atom. The molecule has 1 amide bonds. The number of aryl methyl sites for hydroxylation is 1. The van der Waals surface area contributed by atoms with Gasteiger partial charge in [0.2, 0.25) is 5.91 Å². The van der Waals surface area contributed by atoms with Gasteiger partial charge in [0, 0.05) is 17.6 Å². The van der Waals surface area contributed by atoms with Crippen molar-refractivity contribution in [3.63, 3.8) is 0 Å². The molecule has 2 aromatic rings. The van der Waals surface area contributed by atoms with Gasteiger partial charge >= 0.3 is 0 Å². The van der Waals surface area contributed by atoms with Gasteiger partial charge in [0.25, 0.3) is 0 Å². The molecule has 0 heterocycles. The average Bonchev–Trinajstić information content (AvgIpc) is 2.62. The Kier molecular flexibility index (Phi) is 6.95. The van der Waals surface area contributed by atoms with Crippen molar-refractivity contribution >= 4 is 23.2 Å². The fraction of sp³-hybridized carbons (Fsp3) is 0.316. The van der Waals surface area contributed by atoms with E-state index in [1.807, 2.05) is 37.3 Å². The van der Waals surface area contributed by atoms with E-state index in [4.69, 9.17) is 21.1 Å². The van der Waals surface area contributed by atoms with E-state index in [1.54, 1.807) is 20.3 Å². The maximum absolute atomic E-state index is 12.0. The standard InChI is InChI=1S/C19H23ClN2O3/c1-13-10-16(18(25-3)11-15(13)20)22-12-19(23)21-9-8-14-6-4-5-7-17(14)24-2/h4-7,10-11,22H,8-9,12H2,1-3H3,(H,21,23). The van der Waals surface area contributed by atoms with Crippen LogP contribution in [-0.2, 0) is 11.2 Å². The number of benzene rings is 2. The summed E-state index contributed by atoms with van der Waals surface area (Å²) in [5.41, 5.74) is 2.72. The molecule has 0 unspecified atom stereocenters. The zero-order valence-corrected chi connectivity index (χ0v) is 15.4. The summed E-state index contributed by atoms with van der Waals surface area (Å²) in [7, 11) is 3.21. The number of amides is 1. The first-order valence-electron chi connectivity index (χ1n) is 8.01. The molecule has 0 saturated heterocycles. The third-order valence-electron chi connectivity index (χ3n) is 3.83. The number of rotatable bonds is 8. The zero-order valence-electron chi connectivity index (χ0n) is 14.7. The van der Waals surface area contributed by atoms with Crippen molar-refractivity contribution in [3.8, 4) is 11.5 Å². The molecule has 0 aliphatic heterocycles. The molecular weight excluding hydrogens is 340 g/mol. The van der Waals surface area contributed by atoms with E-state index in [1.165, 1.54) is 0 Å². The van der Waals surface area contributed by atoms with Crippen molar-refractivity contribution in [2.45, 2.75) is 13.3 Å². The number of anilines is 1. The molecule has 0 aliphatic rings. The van der Waals surface area contributed by atoms with E-state index < -0.39 is 0 Å². The lowest BCUT2D eigenvalue weighted by molar-refractivity contribution is -0.119. The van der Waals surface area contributed by atoms with Crippen molar-refractivity contribution in [2.24, 2.45) is 0 Å². The minimum Gasteiger partial charge on any atom is -0.496 e. The highest BCUT2D eigenvalue weighted by Crippen LogP contribution is 2.30. The van der Waals surface area contributed by atoms with E-state index in [0.29, 0.717) is 23.7 Å². The number of methoxy groups -OCH3 is 2. The quantitative estimate of drug-likeness (QED) is 0.755. The fourth-order valence-electron chi connectivity index (χ4n) is 2.45. The Labute approximate surface area is 153 Å². The summed E-state index contributed by atoms with van der Waals surface area (Å²) in [6, 6.07) is 11.4. The molecule has 0 saturated carbocycles. The molecule has 2 N–H and O–H groups in total. The number of ether oxygens (including phenoxy) is 2. The largest absolute Gasteiger partial charge is 0.496 e. The van der Waals surface area contributed by atoms with Gasteiger partial charge < -0.3 is 20.1 Å². The van der Waals surface area contributed by atoms with Gasteiger partial charge in [0.15, 0.2) is 0 Å². The van der Waals surface area contributed by atoms with Crippen molar-refractivity contribution in [1.82, 2.24) is 5.32 Å². The van der Waals surface area contributed by atoms with Crippen LogP contribution in [0.2, 0.25) is 5.02 Å². The minimum atomic E-state index is -0.0930. The van der Waals surface area contributed by atoms with E-state index in [-0.39, 0.29) is 12.5 Å². The highest BCUT2D eigenvalue weighted by Gasteiger charge is 2.09. The lowest BCUT2D eigenvalue weighted by Gasteiger charge is -2.13. The maximum atomic E-state index is 12.0. The summed E-state index contributed by atoms with van der Waals surface area (Å²) in [6.07, 6.45) is 0.707. The van der Waals surface area contributed by atoms with Crippen LogP contribution in [0.1, 0.15) is 11.1 Å². The monoisotopic (exact) mass is 362 g/mol. The van der Waals surface area contributed by atoms with Gasteiger partial charge in [-0.3, -0.25) is 4.79 Å². The van der Waals surface area contributed by atoms with Crippen molar-refractivity contribution in [3.05, 3.63) is 52.5 Å². The van der Waals surface area contributed by atoms with Crippen molar-refractivity contribution in [2.75, 3.05) is 32.6 Å². The summed E-state index contributed by atoms with van der Waals surface area (Å²) in [5, 5.41) is 6.60. The molecule has 0 aliphatic carbocycles. The van der Waals surface area contributed by atoms with E-state index in [2.05, 4.69) is 10.6 Å². The Balaban J connectivity index is 1.84. The first kappa shape index (κ1) is 18.9. The third kappa shape index (κ3) is 5.29. The van der Waals surface area contributed by atoms with Crippen LogP contribution in [0.3, 0.4) is 0 Å². The van der Waals surface area contributed by atoms with Crippen molar-refractivity contribution in [1.29, 1.82) is 0 Å². The normalized spacial score (nSPS) is 10.2. The van der Waals surface area contributed by atoms with Crippen LogP contribution >= 0.6 is 11.6 Å². The van der Waals surface area contributed by atoms with E-state index in [9.17, 15) is 4.79 Å². The zero-order chi connectivity index (χ0) is 18.2. The van der Waals surface area contributed by atoms with Gasteiger partial charge in [-0.05, 0) is 36.6 Å². The highest BCUT2D eigenvalue weighted by molar-refractivity contribution is 6.31. The molecular formula is C19H23ClN2O3. The summed E-state index contributed by atoms with van der Waals surface area (Å²) in [4.78, 5) is 12.0. The van der Waals surface area contributed by atoms with Crippen LogP contribution in [0.25, 0.3) is 0 Å². The van der Waals surface area contributed by atoms with Crippen LogP contribution in [-0.4, -0.2) is 33.2 Å². The highest BCUT2D eigenvalue weighted by atomic mass is 35.5. The molecule has 0 fully saturated rings. The molecule has 2 rings (SSSR count). The topological polar surface area (TPSA) is 59.6 Å². The van der Waals surface area contributed by atoms with Gasteiger partial charge in [-0.2, -0.15) is 0 Å². The average molecular weight is 363 g/mol. The lowest BCUT2D eigenvalue weighted by atomic mass is 10.1. The number of hydrogen-bond donors (Lipinski definition) is 2. The molecule has 6 heteroatoms. The van der Waals surface area contributed by atoms with Crippen LogP contribution < -0.4 is 20.1 Å². The second-order valence-corrected chi connectivity index (χ2v) is 5.97. The Morgan fingerprint density at radius 2 is 1.84 bits per heavy atom. The lowest BCUT2D eigenvalue weighted by Crippen LogP contribution is -2.31. The number of carbonyl (C=O) groups excluding carboxylic acids is 1. The predicted octanol–water partition coefficient (Wildman–Crippen LogP) is 3.44. The number of halogens is 1. The van der Waals surface area contributed by atoms with Crippen LogP contribution in [0.4, 0.5) is 5.69 Å². The molecule has 0 spiro atoms. The first-order valence-corrected chi connectivity index (χ1v) is 8.39. The Morgan fingerprint density at radius 3 is 2.56 bits per heavy atom. The van der Waals surface area contributed by atoms with Crippen molar-refractivity contribution < 1.29 is 14.3 Å². The molecule has 2 aromatic carbocycles. The molecule has 0 bridgehead atoms. The van der Waals surface area contributed by atoms with Gasteiger partial charge in [-0.15, -0.1) is 0 Å². The summed E-state index contributed by atoms with van der Waals surface area (Å²) >= 11 is 6.08. The SMILES string of the molecule is COc1ccccc1CCNC(=O)CNc1cc(C)c(Cl)cc1OC. The molecule has 0 radical (unpaired) electrons. The van der Waals surface area contributed by atoms with E-state index >= 15 is 0 Å². The van der Waals surface area contributed by atoms with Gasteiger partial charge in [-0.25, -0.2) is 0 Å². The van der Waals surface area contributed by atoms with Gasteiger partial charge in [-0.1, -0.05) is 29.8 Å². The number of hydrogen-bond acceptors (Lipinski definition) is 4. The predicted molar refractivity (Wildman–Crippen MR) is 101 cm³/mol. The first-order chi connectivity index (χ1) is 12.0. The number of nitrogens with one attached hydrogen (secondary N) is 2. The number of para-hydroxylation sites is 1. The summed E-state index contributed by atoms with van der Waals surface area (Å²) in [6.45, 7) is 2.60. The van der Waals surface area contributed by atoms with Crippen LogP contribution in [0, 0.1) is 6.92 Å². The third-order valence-corrected chi connectivity index (χ3v) is 4.24. The summed E-state index contributed by atoms with van der Waals surface area (Å²) < 4.78 is 10.6. The fourth-order valence-corrected chi connectivity index (χ4v) is 2.61. The molecule has 0 atom stereocenters. The second-order valence-electron chi connectivity index (χ2n) is 5.57. The Hall–Kier alpha value is -2.40. The van der Waals surface area contributed by atoms with Gasteiger partial charge in [0.05, 0.1) is 26.5 Å². The Bertz CT molecular complexity index is 735. The van der Waals surface area contributed by atoms with E-state index in [0.717, 1.165) is 22.6 Å². The summed E-state index contributed by atoms with van der Waals surface area (Å²) in [5.74, 6) is 1.35. The molecule has 25 heavy (non-hydrogen) atoms. The minimum absolute atomic E-state index is 0.0930. The van der Waals surface area contributed by atoms with Crippen LogP contribution in [0.5, 0.6) is 11.5 Å². The van der Waals surface area contributed by atoms with Gasteiger partial charge in [0.1, 0.15) is 11.5 Å². The number of carbonyl (C=O) groups is 1. The molecule has 0 aromatic heterocycles. The smallest absolute Gasteiger partial charge is 0.239 e. The molecule has 5 nitrogen and oxygen atoms in total. The van der Waals surface area contributed by atoms with Crippen LogP contribution in [0.15, 0.2) is 36.4 Å². The second kappa shape index (κ2) is 9.18.